The summed E-state index contributed by atoms with van der Waals surface area (Å²) in [5.74, 6) is 0. The van der Waals surface area contributed by atoms with Gasteiger partial charge in [0.1, 0.15) is 6.07 Å². The summed E-state index contributed by atoms with van der Waals surface area (Å²) in [6.07, 6.45) is 2.44. The molecule has 1 aromatic carbocycles. The van der Waals surface area contributed by atoms with Crippen LogP contribution in [0.4, 0.5) is 5.69 Å². The molecule has 0 radical (unpaired) electrons. The zero-order chi connectivity index (χ0) is 12.3. The van der Waals surface area contributed by atoms with Gasteiger partial charge in [-0.1, -0.05) is 11.6 Å². The zero-order valence-electron chi connectivity index (χ0n) is 9.74. The number of benzene rings is 1. The van der Waals surface area contributed by atoms with E-state index in [-0.39, 0.29) is 0 Å². The topological polar surface area (TPSA) is 45.0 Å². The van der Waals surface area contributed by atoms with E-state index in [4.69, 9.17) is 21.6 Å². The lowest BCUT2D eigenvalue weighted by atomic mass is 9.89. The molecule has 1 N–H and O–H groups in total. The Labute approximate surface area is 106 Å². The van der Waals surface area contributed by atoms with Gasteiger partial charge in [0, 0.05) is 18.3 Å². The Morgan fingerprint density at radius 1 is 1.53 bits per heavy atom. The van der Waals surface area contributed by atoms with Gasteiger partial charge < -0.3 is 10.1 Å². The molecule has 1 saturated carbocycles. The molecule has 17 heavy (non-hydrogen) atoms. The SMILES string of the molecule is CCOC1CC(Nc2ccc(Cl)c(C#N)c2)C1. The van der Waals surface area contributed by atoms with Gasteiger partial charge in [0.05, 0.1) is 16.7 Å². The van der Waals surface area contributed by atoms with Crippen molar-refractivity contribution >= 4 is 17.3 Å². The predicted octanol–water partition coefficient (Wildman–Crippen LogP) is 3.19. The maximum Gasteiger partial charge on any atom is 0.101 e. The summed E-state index contributed by atoms with van der Waals surface area (Å²) in [7, 11) is 0. The number of anilines is 1. The van der Waals surface area contributed by atoms with Gasteiger partial charge in [0.15, 0.2) is 0 Å². The van der Waals surface area contributed by atoms with Gasteiger partial charge in [-0.25, -0.2) is 0 Å². The normalized spacial score (nSPS) is 22.6. The maximum absolute atomic E-state index is 8.88. The van der Waals surface area contributed by atoms with Crippen LogP contribution in [-0.2, 0) is 4.74 Å². The summed E-state index contributed by atoms with van der Waals surface area (Å²) in [6.45, 7) is 2.79. The molecular weight excluding hydrogens is 236 g/mol. The van der Waals surface area contributed by atoms with Crippen LogP contribution in [0.2, 0.25) is 5.02 Å². The highest BCUT2D eigenvalue weighted by atomic mass is 35.5. The van der Waals surface area contributed by atoms with Crippen molar-refractivity contribution in [2.75, 3.05) is 11.9 Å². The first-order valence-corrected chi connectivity index (χ1v) is 6.18. The lowest BCUT2D eigenvalue weighted by Crippen LogP contribution is -2.40. The van der Waals surface area contributed by atoms with Crippen molar-refractivity contribution in [2.45, 2.75) is 31.9 Å². The molecule has 0 spiro atoms. The number of hydrogen-bond donors (Lipinski definition) is 1. The molecule has 0 saturated heterocycles. The Balaban J connectivity index is 1.91. The van der Waals surface area contributed by atoms with Crippen LogP contribution in [0.5, 0.6) is 0 Å². The second-order valence-electron chi connectivity index (χ2n) is 4.20. The van der Waals surface area contributed by atoms with E-state index in [2.05, 4.69) is 11.4 Å². The first-order valence-electron chi connectivity index (χ1n) is 5.80. The van der Waals surface area contributed by atoms with Gasteiger partial charge >= 0.3 is 0 Å². The fourth-order valence-electron chi connectivity index (χ4n) is 1.99. The fraction of sp³-hybridized carbons (Fsp3) is 0.462. The van der Waals surface area contributed by atoms with Crippen molar-refractivity contribution < 1.29 is 4.74 Å². The molecular formula is C13H15ClN2O. The van der Waals surface area contributed by atoms with Crippen LogP contribution in [0, 0.1) is 11.3 Å². The highest BCUT2D eigenvalue weighted by molar-refractivity contribution is 6.31. The standard InChI is InChI=1S/C13H15ClN2O/c1-2-17-12-6-11(7-12)16-10-3-4-13(14)9(5-10)8-15/h3-5,11-12,16H,2,6-7H2,1H3. The van der Waals surface area contributed by atoms with Crippen molar-refractivity contribution in [1.82, 2.24) is 0 Å². The smallest absolute Gasteiger partial charge is 0.101 e. The third-order valence-corrected chi connectivity index (χ3v) is 3.28. The maximum atomic E-state index is 8.88. The molecule has 1 aromatic rings. The van der Waals surface area contributed by atoms with Gasteiger partial charge in [-0.2, -0.15) is 5.26 Å². The molecule has 0 atom stereocenters. The first-order chi connectivity index (χ1) is 8.22. The molecule has 0 aromatic heterocycles. The number of ether oxygens (including phenoxy) is 1. The lowest BCUT2D eigenvalue weighted by Gasteiger charge is -2.36. The number of nitrogens with one attached hydrogen (secondary N) is 1. The zero-order valence-corrected chi connectivity index (χ0v) is 10.5. The van der Waals surface area contributed by atoms with Crippen LogP contribution in [0.25, 0.3) is 0 Å². The summed E-state index contributed by atoms with van der Waals surface area (Å²) in [5.41, 5.74) is 1.46. The largest absolute Gasteiger partial charge is 0.382 e. The van der Waals surface area contributed by atoms with Crippen molar-refractivity contribution in [3.63, 3.8) is 0 Å². The van der Waals surface area contributed by atoms with E-state index in [1.807, 2.05) is 13.0 Å². The molecule has 90 valence electrons. The van der Waals surface area contributed by atoms with Gasteiger partial charge in [0.2, 0.25) is 0 Å². The fourth-order valence-corrected chi connectivity index (χ4v) is 2.15. The second kappa shape index (κ2) is 5.39. The Morgan fingerprint density at radius 3 is 2.94 bits per heavy atom. The number of nitriles is 1. The van der Waals surface area contributed by atoms with Crippen molar-refractivity contribution in [2.24, 2.45) is 0 Å². The molecule has 0 unspecified atom stereocenters. The van der Waals surface area contributed by atoms with E-state index < -0.39 is 0 Å². The Hall–Kier alpha value is -1.24. The minimum Gasteiger partial charge on any atom is -0.382 e. The number of nitrogens with zero attached hydrogens (tertiary/aromatic N) is 1. The Kier molecular flexibility index (Phi) is 3.88. The van der Waals surface area contributed by atoms with Crippen LogP contribution in [0.1, 0.15) is 25.3 Å². The molecule has 1 fully saturated rings. The number of rotatable bonds is 4. The van der Waals surface area contributed by atoms with E-state index in [0.717, 1.165) is 25.1 Å². The summed E-state index contributed by atoms with van der Waals surface area (Å²) < 4.78 is 5.50. The molecule has 0 aliphatic heterocycles. The first kappa shape index (κ1) is 12.2. The molecule has 0 amide bonds. The number of halogens is 1. The van der Waals surface area contributed by atoms with E-state index in [0.29, 0.717) is 22.7 Å². The highest BCUT2D eigenvalue weighted by Gasteiger charge is 2.29. The highest BCUT2D eigenvalue weighted by Crippen LogP contribution is 2.28. The van der Waals surface area contributed by atoms with E-state index in [1.165, 1.54) is 0 Å². The molecule has 0 heterocycles. The lowest BCUT2D eigenvalue weighted by molar-refractivity contribution is 0.00299. The van der Waals surface area contributed by atoms with E-state index >= 15 is 0 Å². The molecule has 3 nitrogen and oxygen atoms in total. The average Bonchev–Trinajstić information content (AvgIpc) is 2.28. The van der Waals surface area contributed by atoms with Crippen molar-refractivity contribution in [3.05, 3.63) is 28.8 Å². The van der Waals surface area contributed by atoms with E-state index in [1.54, 1.807) is 12.1 Å². The van der Waals surface area contributed by atoms with Gasteiger partial charge in [-0.15, -0.1) is 0 Å². The number of hydrogen-bond acceptors (Lipinski definition) is 3. The van der Waals surface area contributed by atoms with Crippen LogP contribution in [0.15, 0.2) is 18.2 Å². The molecule has 0 bridgehead atoms. The minimum atomic E-state index is 0.389. The summed E-state index contributed by atoms with van der Waals surface area (Å²) in [5, 5.41) is 12.8. The Bertz CT molecular complexity index is 436. The molecule has 4 heteroatoms. The van der Waals surface area contributed by atoms with Gasteiger partial charge in [-0.3, -0.25) is 0 Å². The predicted molar refractivity (Wildman–Crippen MR) is 68.2 cm³/mol. The summed E-state index contributed by atoms with van der Waals surface area (Å²) in [4.78, 5) is 0. The van der Waals surface area contributed by atoms with Gasteiger partial charge in [0.25, 0.3) is 0 Å². The molecule has 1 aliphatic rings. The van der Waals surface area contributed by atoms with Crippen LogP contribution in [0.3, 0.4) is 0 Å². The summed E-state index contributed by atoms with van der Waals surface area (Å²) in [6, 6.07) is 7.96. The van der Waals surface area contributed by atoms with Crippen molar-refractivity contribution in [3.8, 4) is 6.07 Å². The van der Waals surface area contributed by atoms with Crippen LogP contribution in [-0.4, -0.2) is 18.8 Å². The molecule has 2 rings (SSSR count). The van der Waals surface area contributed by atoms with Crippen LogP contribution < -0.4 is 5.32 Å². The van der Waals surface area contributed by atoms with E-state index in [9.17, 15) is 0 Å². The monoisotopic (exact) mass is 250 g/mol. The third-order valence-electron chi connectivity index (χ3n) is 2.95. The minimum absolute atomic E-state index is 0.389. The quantitative estimate of drug-likeness (QED) is 0.893. The Morgan fingerprint density at radius 2 is 2.29 bits per heavy atom. The average molecular weight is 251 g/mol. The molecule has 1 aliphatic carbocycles. The van der Waals surface area contributed by atoms with Crippen LogP contribution >= 0.6 is 11.6 Å². The summed E-state index contributed by atoms with van der Waals surface area (Å²) >= 11 is 5.87. The van der Waals surface area contributed by atoms with Crippen molar-refractivity contribution in [1.29, 1.82) is 5.26 Å². The third kappa shape index (κ3) is 2.91. The van der Waals surface area contributed by atoms with Gasteiger partial charge in [-0.05, 0) is 38.0 Å². The second-order valence-corrected chi connectivity index (χ2v) is 4.60.